The van der Waals surface area contributed by atoms with Gasteiger partial charge >= 0.3 is 0 Å². The molecule has 0 spiro atoms. The molecule has 0 atom stereocenters. The van der Waals surface area contributed by atoms with Crippen molar-refractivity contribution in [3.8, 4) is 11.5 Å². The van der Waals surface area contributed by atoms with Crippen molar-refractivity contribution in [1.29, 1.82) is 0 Å². The number of nitrogens with one attached hydrogen (secondary N) is 1. The zero-order valence-corrected chi connectivity index (χ0v) is 14.9. The molecule has 5 heteroatoms. The number of quaternary nitrogens is 1. The highest BCUT2D eigenvalue weighted by Crippen LogP contribution is 2.29. The van der Waals surface area contributed by atoms with E-state index in [9.17, 15) is 5.11 Å². The summed E-state index contributed by atoms with van der Waals surface area (Å²) in [5.74, 6) is 0.614. The van der Waals surface area contributed by atoms with E-state index in [1.807, 2.05) is 31.2 Å². The lowest BCUT2D eigenvalue weighted by Crippen LogP contribution is -3.12. The second-order valence-electron chi connectivity index (χ2n) is 6.35. The highest BCUT2D eigenvalue weighted by atomic mass is 16.5. The van der Waals surface area contributed by atoms with Crippen molar-refractivity contribution in [3.05, 3.63) is 48.0 Å². The van der Waals surface area contributed by atoms with Crippen molar-refractivity contribution in [2.24, 2.45) is 4.99 Å². The smallest absolute Gasteiger partial charge is 0.166 e. The van der Waals surface area contributed by atoms with Gasteiger partial charge in [0.15, 0.2) is 11.5 Å². The third-order valence-corrected chi connectivity index (χ3v) is 4.51. The standard InChI is InChI=1S/C20H25N3O2/c1-3-25-19-6-4-5-16(20(19)24)15-21-17-7-9-18(10-8-17)23-13-11-22(2)12-14-23/h4-10,15,24H,3,11-14H2,1-2H3/p+1. The maximum absolute atomic E-state index is 10.2. The van der Waals surface area contributed by atoms with Crippen molar-refractivity contribution in [2.45, 2.75) is 6.92 Å². The number of rotatable bonds is 5. The highest BCUT2D eigenvalue weighted by molar-refractivity contribution is 5.86. The van der Waals surface area contributed by atoms with Crippen LogP contribution in [0.5, 0.6) is 11.5 Å². The maximum Gasteiger partial charge on any atom is 0.166 e. The Hall–Kier alpha value is -2.53. The van der Waals surface area contributed by atoms with Crippen LogP contribution >= 0.6 is 0 Å². The summed E-state index contributed by atoms with van der Waals surface area (Å²) in [6.45, 7) is 6.94. The molecule has 1 saturated heterocycles. The summed E-state index contributed by atoms with van der Waals surface area (Å²) in [6, 6.07) is 13.7. The molecule has 0 amide bonds. The number of para-hydroxylation sites is 1. The van der Waals surface area contributed by atoms with E-state index in [0.717, 1.165) is 18.8 Å². The minimum atomic E-state index is 0.129. The van der Waals surface area contributed by atoms with E-state index < -0.39 is 0 Å². The van der Waals surface area contributed by atoms with Gasteiger partial charge in [0.25, 0.3) is 0 Å². The van der Waals surface area contributed by atoms with Gasteiger partial charge in [-0.1, -0.05) is 6.07 Å². The Morgan fingerprint density at radius 1 is 1.16 bits per heavy atom. The van der Waals surface area contributed by atoms with E-state index in [2.05, 4.69) is 29.1 Å². The molecule has 1 aliphatic heterocycles. The Labute approximate surface area is 149 Å². The first-order valence-electron chi connectivity index (χ1n) is 8.82. The third-order valence-electron chi connectivity index (χ3n) is 4.51. The number of ether oxygens (including phenoxy) is 1. The van der Waals surface area contributed by atoms with E-state index in [1.165, 1.54) is 18.8 Å². The van der Waals surface area contributed by atoms with Crippen LogP contribution in [0.25, 0.3) is 0 Å². The number of likely N-dealkylation sites (N-methyl/N-ethyl adjacent to an activating group) is 1. The normalized spacial score (nSPS) is 15.7. The molecule has 0 saturated carbocycles. The number of aromatic hydroxyl groups is 1. The number of phenols is 1. The average Bonchev–Trinajstić information content (AvgIpc) is 2.64. The van der Waals surface area contributed by atoms with Gasteiger partial charge in [0.1, 0.15) is 0 Å². The average molecular weight is 340 g/mol. The van der Waals surface area contributed by atoms with Crippen molar-refractivity contribution in [2.75, 3.05) is 44.7 Å². The Morgan fingerprint density at radius 3 is 2.56 bits per heavy atom. The van der Waals surface area contributed by atoms with E-state index in [4.69, 9.17) is 4.74 Å². The topological polar surface area (TPSA) is 49.5 Å². The van der Waals surface area contributed by atoms with Crippen molar-refractivity contribution in [1.82, 2.24) is 0 Å². The van der Waals surface area contributed by atoms with Crippen LogP contribution in [0.3, 0.4) is 0 Å². The second kappa shape index (κ2) is 8.03. The van der Waals surface area contributed by atoms with Crippen LogP contribution in [0.2, 0.25) is 0 Å². The van der Waals surface area contributed by atoms with E-state index in [1.54, 1.807) is 17.2 Å². The maximum atomic E-state index is 10.2. The van der Waals surface area contributed by atoms with Gasteiger partial charge < -0.3 is 19.6 Å². The Kier molecular flexibility index (Phi) is 5.56. The number of hydrogen-bond donors (Lipinski definition) is 2. The monoisotopic (exact) mass is 340 g/mol. The van der Waals surface area contributed by atoms with Crippen molar-refractivity contribution < 1.29 is 14.7 Å². The molecule has 132 valence electrons. The molecule has 1 aliphatic rings. The lowest BCUT2D eigenvalue weighted by molar-refractivity contribution is -0.880. The molecular formula is C20H26N3O2+. The molecule has 2 aromatic rings. The van der Waals surface area contributed by atoms with Gasteiger partial charge in [-0.2, -0.15) is 0 Å². The lowest BCUT2D eigenvalue weighted by atomic mass is 10.2. The molecule has 3 rings (SSSR count). The first kappa shape index (κ1) is 17.3. The van der Waals surface area contributed by atoms with Crippen molar-refractivity contribution >= 4 is 17.6 Å². The van der Waals surface area contributed by atoms with E-state index in [0.29, 0.717) is 17.9 Å². The second-order valence-corrected chi connectivity index (χ2v) is 6.35. The fourth-order valence-electron chi connectivity index (χ4n) is 2.96. The van der Waals surface area contributed by atoms with Crippen LogP contribution in [-0.4, -0.2) is 51.2 Å². The molecule has 0 radical (unpaired) electrons. The fraction of sp³-hybridized carbons (Fsp3) is 0.350. The van der Waals surface area contributed by atoms with Gasteiger partial charge in [0.05, 0.1) is 45.5 Å². The predicted molar refractivity (Wildman–Crippen MR) is 102 cm³/mol. The van der Waals surface area contributed by atoms with Gasteiger partial charge in [-0.15, -0.1) is 0 Å². The van der Waals surface area contributed by atoms with Gasteiger partial charge in [0.2, 0.25) is 0 Å². The van der Waals surface area contributed by atoms with Crippen LogP contribution in [0.15, 0.2) is 47.5 Å². The van der Waals surface area contributed by atoms with Crippen LogP contribution < -0.4 is 14.5 Å². The lowest BCUT2D eigenvalue weighted by Gasteiger charge is -2.31. The highest BCUT2D eigenvalue weighted by Gasteiger charge is 2.16. The summed E-state index contributed by atoms with van der Waals surface area (Å²) in [6.07, 6.45) is 1.67. The number of aliphatic imine (C=N–C) groups is 1. The van der Waals surface area contributed by atoms with E-state index >= 15 is 0 Å². The summed E-state index contributed by atoms with van der Waals surface area (Å²) in [7, 11) is 2.24. The quantitative estimate of drug-likeness (QED) is 0.817. The van der Waals surface area contributed by atoms with Crippen molar-refractivity contribution in [3.63, 3.8) is 0 Å². The molecule has 1 fully saturated rings. The van der Waals surface area contributed by atoms with Gasteiger partial charge in [-0.05, 0) is 43.3 Å². The molecular weight excluding hydrogens is 314 g/mol. The Bertz CT molecular complexity index is 720. The molecule has 0 unspecified atom stereocenters. The SMILES string of the molecule is CCOc1cccc(C=Nc2ccc(N3CC[NH+](C)CC3)cc2)c1O. The zero-order valence-electron chi connectivity index (χ0n) is 14.9. The van der Waals surface area contributed by atoms with Crippen LogP contribution in [0.1, 0.15) is 12.5 Å². The molecule has 0 bridgehead atoms. The number of hydrogen-bond acceptors (Lipinski definition) is 4. The molecule has 2 N–H and O–H groups in total. The number of phenolic OH excluding ortho intramolecular Hbond substituents is 1. The zero-order chi connectivity index (χ0) is 17.6. The predicted octanol–water partition coefficient (Wildman–Crippen LogP) is 1.88. The molecule has 0 aromatic heterocycles. The molecule has 25 heavy (non-hydrogen) atoms. The fourth-order valence-corrected chi connectivity index (χ4v) is 2.96. The minimum Gasteiger partial charge on any atom is -0.504 e. The number of piperazine rings is 1. The Morgan fingerprint density at radius 2 is 1.88 bits per heavy atom. The first-order chi connectivity index (χ1) is 12.2. The molecule has 2 aromatic carbocycles. The summed E-state index contributed by atoms with van der Waals surface area (Å²) in [5.41, 5.74) is 2.76. The summed E-state index contributed by atoms with van der Waals surface area (Å²) in [5, 5.41) is 10.2. The van der Waals surface area contributed by atoms with Crippen LogP contribution in [0.4, 0.5) is 11.4 Å². The van der Waals surface area contributed by atoms with E-state index in [-0.39, 0.29) is 5.75 Å². The largest absolute Gasteiger partial charge is 0.504 e. The summed E-state index contributed by atoms with van der Waals surface area (Å²) in [4.78, 5) is 8.48. The molecule has 5 nitrogen and oxygen atoms in total. The van der Waals surface area contributed by atoms with Gasteiger partial charge in [0, 0.05) is 17.5 Å². The first-order valence-corrected chi connectivity index (χ1v) is 8.82. The Balaban J connectivity index is 1.69. The van der Waals surface area contributed by atoms with Gasteiger partial charge in [-0.3, -0.25) is 4.99 Å². The minimum absolute atomic E-state index is 0.129. The van der Waals surface area contributed by atoms with Crippen LogP contribution in [0, 0.1) is 0 Å². The summed E-state index contributed by atoms with van der Waals surface area (Å²) >= 11 is 0. The third kappa shape index (κ3) is 4.31. The van der Waals surface area contributed by atoms with Crippen LogP contribution in [-0.2, 0) is 0 Å². The number of benzene rings is 2. The number of anilines is 1. The van der Waals surface area contributed by atoms with Gasteiger partial charge in [-0.25, -0.2) is 0 Å². The summed E-state index contributed by atoms with van der Waals surface area (Å²) < 4.78 is 5.40. The molecule has 1 heterocycles. The molecule has 0 aliphatic carbocycles. The number of nitrogens with zero attached hydrogens (tertiary/aromatic N) is 2.